The molecule has 11 heteroatoms. The zero-order valence-electron chi connectivity index (χ0n) is 16.7. The molecule has 0 heterocycles. The predicted octanol–water partition coefficient (Wildman–Crippen LogP) is -1.38. The summed E-state index contributed by atoms with van der Waals surface area (Å²) in [5.41, 5.74) is 10.5. The fourth-order valence-electron chi connectivity index (χ4n) is 2.43. The molecule has 7 N–H and O–H groups in total. The molecule has 0 aromatic carbocycles. The first-order valence-electron chi connectivity index (χ1n) is 9.35. The molecule has 0 aromatic heterocycles. The lowest BCUT2D eigenvalue weighted by atomic mass is 10.0. The second-order valence-corrected chi connectivity index (χ2v) is 6.85. The molecule has 164 valence electrons. The van der Waals surface area contributed by atoms with Gasteiger partial charge in [0.15, 0.2) is 5.78 Å². The van der Waals surface area contributed by atoms with Crippen LogP contribution in [0.2, 0.25) is 0 Å². The molecule has 0 saturated carbocycles. The van der Waals surface area contributed by atoms with E-state index in [-0.39, 0.29) is 19.3 Å². The standard InChI is InChI=1S/C18H30N4O7/c1-10(6-7-15(25)26)17(28)21-12(5-3-4-8-19)16(27)18(29)22-13(11(2)23)9-14(20)24/h10,12-13H,3-9,19H2,1-2H3,(H2,20,24)(H,21,28)(H,22,29)(H,25,26). The van der Waals surface area contributed by atoms with Gasteiger partial charge in [0.25, 0.3) is 5.91 Å². The van der Waals surface area contributed by atoms with Crippen LogP contribution in [0.15, 0.2) is 0 Å². The number of amides is 3. The summed E-state index contributed by atoms with van der Waals surface area (Å²) in [6, 6.07) is -2.40. The summed E-state index contributed by atoms with van der Waals surface area (Å²) in [5.74, 6) is -5.76. The molecule has 0 aliphatic heterocycles. The van der Waals surface area contributed by atoms with Crippen LogP contribution in [0, 0.1) is 5.92 Å². The quantitative estimate of drug-likeness (QED) is 0.159. The van der Waals surface area contributed by atoms with Gasteiger partial charge in [-0.1, -0.05) is 6.92 Å². The second kappa shape index (κ2) is 13.4. The highest BCUT2D eigenvalue weighted by molar-refractivity contribution is 6.38. The van der Waals surface area contributed by atoms with E-state index in [9.17, 15) is 28.8 Å². The molecule has 0 aliphatic rings. The van der Waals surface area contributed by atoms with Crippen LogP contribution in [0.1, 0.15) is 52.4 Å². The summed E-state index contributed by atoms with van der Waals surface area (Å²) in [6.07, 6.45) is 0.567. The van der Waals surface area contributed by atoms with Crippen molar-refractivity contribution >= 4 is 35.3 Å². The number of hydrogen-bond donors (Lipinski definition) is 5. The van der Waals surface area contributed by atoms with Crippen molar-refractivity contribution in [3.8, 4) is 0 Å². The maximum atomic E-state index is 12.5. The highest BCUT2D eigenvalue weighted by Gasteiger charge is 2.30. The van der Waals surface area contributed by atoms with Gasteiger partial charge in [-0.3, -0.25) is 28.8 Å². The van der Waals surface area contributed by atoms with Crippen molar-refractivity contribution in [1.29, 1.82) is 0 Å². The molecule has 0 aliphatic carbocycles. The molecule has 0 fully saturated rings. The first-order valence-corrected chi connectivity index (χ1v) is 9.35. The van der Waals surface area contributed by atoms with Gasteiger partial charge in [0.1, 0.15) is 0 Å². The van der Waals surface area contributed by atoms with Gasteiger partial charge in [-0.05, 0) is 39.2 Å². The lowest BCUT2D eigenvalue weighted by Crippen LogP contribution is -2.52. The topological polar surface area (TPSA) is 199 Å². The van der Waals surface area contributed by atoms with Gasteiger partial charge < -0.3 is 27.2 Å². The van der Waals surface area contributed by atoms with E-state index in [0.717, 1.165) is 6.92 Å². The van der Waals surface area contributed by atoms with E-state index in [1.165, 1.54) is 6.92 Å². The largest absolute Gasteiger partial charge is 0.481 e. The number of carbonyl (C=O) groups is 6. The number of nitrogens with two attached hydrogens (primary N) is 2. The molecule has 0 rings (SSSR count). The number of carboxylic acids is 1. The smallest absolute Gasteiger partial charge is 0.303 e. The number of Topliss-reactive ketones (excluding diaryl/α,β-unsaturated/α-hetero) is 2. The number of carboxylic acid groups (broad SMARTS) is 1. The van der Waals surface area contributed by atoms with Gasteiger partial charge in [0.2, 0.25) is 17.6 Å². The Kier molecular flexibility index (Phi) is 12.1. The van der Waals surface area contributed by atoms with Crippen LogP contribution in [0.5, 0.6) is 0 Å². The average Bonchev–Trinajstić information content (AvgIpc) is 2.63. The molecular weight excluding hydrogens is 384 g/mol. The van der Waals surface area contributed by atoms with E-state index < -0.39 is 59.7 Å². The summed E-state index contributed by atoms with van der Waals surface area (Å²) in [5, 5.41) is 13.3. The van der Waals surface area contributed by atoms with E-state index >= 15 is 0 Å². The number of aliphatic carboxylic acids is 1. The van der Waals surface area contributed by atoms with Crippen LogP contribution in [0.4, 0.5) is 0 Å². The minimum absolute atomic E-state index is 0.0715. The third kappa shape index (κ3) is 10.9. The lowest BCUT2D eigenvalue weighted by molar-refractivity contribution is -0.142. The van der Waals surface area contributed by atoms with Crippen molar-refractivity contribution in [3.63, 3.8) is 0 Å². The van der Waals surface area contributed by atoms with Gasteiger partial charge >= 0.3 is 5.97 Å². The summed E-state index contributed by atoms with van der Waals surface area (Å²) in [4.78, 5) is 70.3. The number of unbranched alkanes of at least 4 members (excludes halogenated alkanes) is 1. The Morgan fingerprint density at radius 2 is 1.59 bits per heavy atom. The molecule has 0 spiro atoms. The molecular formula is C18H30N4O7. The molecule has 0 saturated heterocycles. The average molecular weight is 414 g/mol. The fourth-order valence-corrected chi connectivity index (χ4v) is 2.43. The first kappa shape index (κ1) is 26.2. The first-order chi connectivity index (χ1) is 13.5. The third-order valence-electron chi connectivity index (χ3n) is 4.24. The Morgan fingerprint density at radius 3 is 2.07 bits per heavy atom. The monoisotopic (exact) mass is 414 g/mol. The molecule has 11 nitrogen and oxygen atoms in total. The van der Waals surface area contributed by atoms with Gasteiger partial charge in [0, 0.05) is 12.3 Å². The van der Waals surface area contributed by atoms with E-state index in [4.69, 9.17) is 16.6 Å². The van der Waals surface area contributed by atoms with Crippen molar-refractivity contribution in [2.75, 3.05) is 6.54 Å². The van der Waals surface area contributed by atoms with Crippen molar-refractivity contribution in [1.82, 2.24) is 10.6 Å². The Hall–Kier alpha value is -2.82. The second-order valence-electron chi connectivity index (χ2n) is 6.85. The predicted molar refractivity (Wildman–Crippen MR) is 102 cm³/mol. The molecule has 3 amide bonds. The van der Waals surface area contributed by atoms with Crippen LogP contribution in [-0.4, -0.2) is 59.0 Å². The van der Waals surface area contributed by atoms with Crippen molar-refractivity contribution in [2.45, 2.75) is 64.5 Å². The molecule has 3 atom stereocenters. The van der Waals surface area contributed by atoms with E-state index in [2.05, 4.69) is 10.6 Å². The highest BCUT2D eigenvalue weighted by Crippen LogP contribution is 2.09. The summed E-state index contributed by atoms with van der Waals surface area (Å²) < 4.78 is 0. The van der Waals surface area contributed by atoms with Gasteiger partial charge in [-0.15, -0.1) is 0 Å². The fraction of sp³-hybridized carbons (Fsp3) is 0.667. The Labute approximate surface area is 168 Å². The maximum absolute atomic E-state index is 12.5. The van der Waals surface area contributed by atoms with Gasteiger partial charge in [-0.25, -0.2) is 0 Å². The minimum Gasteiger partial charge on any atom is -0.481 e. The SMILES string of the molecule is CC(=O)C(CC(N)=O)NC(=O)C(=O)C(CCCCN)NC(=O)C(C)CCC(=O)O. The van der Waals surface area contributed by atoms with Gasteiger partial charge in [0.05, 0.1) is 18.5 Å². The molecule has 0 aromatic rings. The van der Waals surface area contributed by atoms with Crippen molar-refractivity contribution in [2.24, 2.45) is 17.4 Å². The third-order valence-corrected chi connectivity index (χ3v) is 4.24. The van der Waals surface area contributed by atoms with Crippen molar-refractivity contribution in [3.05, 3.63) is 0 Å². The Morgan fingerprint density at radius 1 is 0.966 bits per heavy atom. The zero-order chi connectivity index (χ0) is 22.6. The van der Waals surface area contributed by atoms with Crippen LogP contribution in [0.25, 0.3) is 0 Å². The Balaban J connectivity index is 5.15. The highest BCUT2D eigenvalue weighted by atomic mass is 16.4. The van der Waals surface area contributed by atoms with Crippen molar-refractivity contribution < 1.29 is 33.9 Å². The maximum Gasteiger partial charge on any atom is 0.303 e. The molecule has 3 unspecified atom stereocenters. The number of primary amides is 1. The Bertz CT molecular complexity index is 636. The van der Waals surface area contributed by atoms with E-state index in [1.54, 1.807) is 0 Å². The summed E-state index contributed by atoms with van der Waals surface area (Å²) in [7, 11) is 0. The number of nitrogens with one attached hydrogen (secondary N) is 2. The summed E-state index contributed by atoms with van der Waals surface area (Å²) >= 11 is 0. The van der Waals surface area contributed by atoms with Crippen LogP contribution in [0.3, 0.4) is 0 Å². The lowest BCUT2D eigenvalue weighted by Gasteiger charge is -2.21. The van der Waals surface area contributed by atoms with E-state index in [0.29, 0.717) is 19.4 Å². The molecule has 0 bridgehead atoms. The zero-order valence-corrected chi connectivity index (χ0v) is 16.7. The summed E-state index contributed by atoms with van der Waals surface area (Å²) in [6.45, 7) is 3.02. The number of carbonyl (C=O) groups excluding carboxylic acids is 5. The number of ketones is 2. The van der Waals surface area contributed by atoms with Crippen LogP contribution < -0.4 is 22.1 Å². The minimum atomic E-state index is -1.24. The van der Waals surface area contributed by atoms with E-state index in [1.807, 2.05) is 0 Å². The molecule has 0 radical (unpaired) electrons. The van der Waals surface area contributed by atoms with Crippen LogP contribution >= 0.6 is 0 Å². The number of rotatable bonds is 15. The number of hydrogen-bond acceptors (Lipinski definition) is 7. The normalized spacial score (nSPS) is 13.6. The van der Waals surface area contributed by atoms with Gasteiger partial charge in [-0.2, -0.15) is 0 Å². The molecule has 29 heavy (non-hydrogen) atoms. The van der Waals surface area contributed by atoms with Crippen LogP contribution in [-0.2, 0) is 28.8 Å².